The molecular weight excluding hydrogens is 320 g/mol. The van der Waals surface area contributed by atoms with E-state index in [0.29, 0.717) is 23.8 Å². The minimum Gasteiger partial charge on any atom is -0.345 e. The summed E-state index contributed by atoms with van der Waals surface area (Å²) in [6.07, 6.45) is 0.732. The summed E-state index contributed by atoms with van der Waals surface area (Å²) in [7, 11) is 0. The second kappa shape index (κ2) is 6.70. The Bertz CT molecular complexity index is 668. The van der Waals surface area contributed by atoms with Gasteiger partial charge < -0.3 is 14.4 Å². The lowest BCUT2D eigenvalue weighted by atomic mass is 9.96. The highest BCUT2D eigenvalue weighted by Gasteiger charge is 2.24. The third-order valence-corrected chi connectivity index (χ3v) is 3.70. The molecule has 126 valence electrons. The Balaban J connectivity index is 1.91. The first-order valence-electron chi connectivity index (χ1n) is 7.42. The Morgan fingerprint density at radius 2 is 2.00 bits per heavy atom. The monoisotopic (exact) mass is 340 g/mol. The lowest BCUT2D eigenvalue weighted by molar-refractivity contribution is -0.121. The summed E-state index contributed by atoms with van der Waals surface area (Å²) >= 11 is 5.88. The fourth-order valence-corrected chi connectivity index (χ4v) is 2.24. The van der Waals surface area contributed by atoms with E-state index in [-0.39, 0.29) is 29.0 Å². The van der Waals surface area contributed by atoms with Crippen LogP contribution in [-0.2, 0) is 16.6 Å². The van der Waals surface area contributed by atoms with Crippen molar-refractivity contribution in [2.45, 2.75) is 58.9 Å². The molecule has 0 aliphatic carbocycles. The molecule has 2 aromatic rings. The van der Waals surface area contributed by atoms with Crippen molar-refractivity contribution in [1.82, 2.24) is 20.6 Å². The first kappa shape index (κ1) is 17.5. The number of carbonyl (C=O) groups is 1. The van der Waals surface area contributed by atoms with Gasteiger partial charge in [0.05, 0.1) is 5.69 Å². The van der Waals surface area contributed by atoms with Crippen LogP contribution in [0.4, 0.5) is 0 Å². The van der Waals surface area contributed by atoms with Gasteiger partial charge in [-0.15, -0.1) is 0 Å². The molecule has 23 heavy (non-hydrogen) atoms. The maximum Gasteiger partial charge on any atom is 0.248 e. The van der Waals surface area contributed by atoms with E-state index >= 15 is 0 Å². The summed E-state index contributed by atoms with van der Waals surface area (Å²) in [5, 5.41) is 10.8. The summed E-state index contributed by atoms with van der Waals surface area (Å²) in [4.78, 5) is 16.4. The largest absolute Gasteiger partial charge is 0.345 e. The molecule has 2 rings (SSSR count). The van der Waals surface area contributed by atoms with Crippen molar-refractivity contribution in [2.24, 2.45) is 0 Å². The van der Waals surface area contributed by atoms with Crippen LogP contribution in [-0.4, -0.2) is 21.2 Å². The molecule has 0 aliphatic rings. The molecule has 0 saturated carbocycles. The normalized spacial score (nSPS) is 13.1. The Labute approximate surface area is 139 Å². The fraction of sp³-hybridized carbons (Fsp3) is 0.600. The molecule has 1 N–H and O–H groups in total. The van der Waals surface area contributed by atoms with Crippen molar-refractivity contribution >= 4 is 17.5 Å². The van der Waals surface area contributed by atoms with E-state index in [4.69, 9.17) is 20.6 Å². The van der Waals surface area contributed by atoms with Gasteiger partial charge in [-0.3, -0.25) is 4.79 Å². The van der Waals surface area contributed by atoms with Gasteiger partial charge in [0, 0.05) is 17.4 Å². The van der Waals surface area contributed by atoms with Crippen LogP contribution < -0.4 is 5.32 Å². The van der Waals surface area contributed by atoms with Crippen molar-refractivity contribution in [1.29, 1.82) is 0 Å². The molecule has 0 aromatic carbocycles. The van der Waals surface area contributed by atoms with Crippen molar-refractivity contribution in [3.63, 3.8) is 0 Å². The Morgan fingerprint density at radius 1 is 1.30 bits per heavy atom. The molecular formula is C15H21ClN4O3. The topological polar surface area (TPSA) is 94.1 Å². The van der Waals surface area contributed by atoms with E-state index in [1.165, 1.54) is 0 Å². The predicted octanol–water partition coefficient (Wildman–Crippen LogP) is 3.13. The minimum atomic E-state index is -0.356. The quantitative estimate of drug-likeness (QED) is 0.898. The fourth-order valence-electron chi connectivity index (χ4n) is 1.97. The number of carbonyl (C=O) groups excluding carboxylic acids is 1. The van der Waals surface area contributed by atoms with Gasteiger partial charge in [-0.2, -0.15) is 4.98 Å². The summed E-state index contributed by atoms with van der Waals surface area (Å²) in [6, 6.07) is -0.356. The average Bonchev–Trinajstić information content (AvgIpc) is 3.05. The van der Waals surface area contributed by atoms with E-state index in [9.17, 15) is 4.79 Å². The molecule has 0 saturated heterocycles. The standard InChI is InChI=1S/C15H21ClN4O3/c1-8-10(12(16)22-19-8)6-7-11(21)17-9(2)13-18-14(20-23-13)15(3,4)5/h9H,6-7H2,1-5H3,(H,17,21). The summed E-state index contributed by atoms with van der Waals surface area (Å²) < 4.78 is 10.1. The number of rotatable bonds is 5. The molecule has 7 nitrogen and oxygen atoms in total. The van der Waals surface area contributed by atoms with Crippen molar-refractivity contribution in [3.8, 4) is 0 Å². The number of halogens is 1. The Hall–Kier alpha value is -1.89. The smallest absolute Gasteiger partial charge is 0.248 e. The molecule has 1 amide bonds. The third kappa shape index (κ3) is 4.31. The molecule has 0 aliphatic heterocycles. The summed E-state index contributed by atoms with van der Waals surface area (Å²) in [6.45, 7) is 9.58. The third-order valence-electron chi connectivity index (χ3n) is 3.40. The van der Waals surface area contributed by atoms with E-state index in [1.807, 2.05) is 20.8 Å². The van der Waals surface area contributed by atoms with Gasteiger partial charge in [-0.05, 0) is 31.9 Å². The zero-order chi connectivity index (χ0) is 17.2. The number of hydrogen-bond donors (Lipinski definition) is 1. The van der Waals surface area contributed by atoms with Crippen LogP contribution in [0.2, 0.25) is 5.22 Å². The molecule has 2 aromatic heterocycles. The molecule has 0 bridgehead atoms. The van der Waals surface area contributed by atoms with Gasteiger partial charge in [0.1, 0.15) is 6.04 Å². The molecule has 2 heterocycles. The molecule has 8 heteroatoms. The highest BCUT2D eigenvalue weighted by Crippen LogP contribution is 2.22. The van der Waals surface area contributed by atoms with E-state index in [2.05, 4.69) is 20.6 Å². The van der Waals surface area contributed by atoms with Crippen LogP contribution in [0.1, 0.15) is 63.1 Å². The molecule has 1 unspecified atom stereocenters. The maximum atomic E-state index is 12.1. The predicted molar refractivity (Wildman–Crippen MR) is 84.1 cm³/mol. The SMILES string of the molecule is Cc1noc(Cl)c1CCC(=O)NC(C)c1nc(C(C)(C)C)no1. The number of nitrogens with one attached hydrogen (secondary N) is 1. The van der Waals surface area contributed by atoms with Crippen molar-refractivity contribution in [2.75, 3.05) is 0 Å². The Morgan fingerprint density at radius 3 is 2.52 bits per heavy atom. The minimum absolute atomic E-state index is 0.135. The lowest BCUT2D eigenvalue weighted by Gasteiger charge is -2.12. The van der Waals surface area contributed by atoms with E-state index in [0.717, 1.165) is 5.56 Å². The van der Waals surface area contributed by atoms with Crippen LogP contribution >= 0.6 is 11.6 Å². The summed E-state index contributed by atoms with van der Waals surface area (Å²) in [5.74, 6) is 0.868. The molecule has 0 spiro atoms. The summed E-state index contributed by atoms with van der Waals surface area (Å²) in [5.41, 5.74) is 1.25. The highest BCUT2D eigenvalue weighted by atomic mass is 35.5. The van der Waals surface area contributed by atoms with E-state index < -0.39 is 0 Å². The maximum absolute atomic E-state index is 12.1. The first-order valence-corrected chi connectivity index (χ1v) is 7.80. The first-order chi connectivity index (χ1) is 10.7. The van der Waals surface area contributed by atoms with Gasteiger partial charge in [-0.25, -0.2) is 0 Å². The molecule has 0 fully saturated rings. The zero-order valence-corrected chi connectivity index (χ0v) is 14.7. The van der Waals surface area contributed by atoms with Gasteiger partial charge in [-0.1, -0.05) is 31.1 Å². The van der Waals surface area contributed by atoms with Gasteiger partial charge >= 0.3 is 0 Å². The average molecular weight is 341 g/mol. The van der Waals surface area contributed by atoms with Gasteiger partial charge in [0.25, 0.3) is 0 Å². The van der Waals surface area contributed by atoms with Gasteiger partial charge in [0.15, 0.2) is 5.82 Å². The number of aryl methyl sites for hydroxylation is 1. The van der Waals surface area contributed by atoms with Gasteiger partial charge in [0.2, 0.25) is 17.0 Å². The van der Waals surface area contributed by atoms with Crippen LogP contribution in [0.3, 0.4) is 0 Å². The second-order valence-electron chi connectivity index (χ2n) is 6.52. The zero-order valence-electron chi connectivity index (χ0n) is 13.9. The van der Waals surface area contributed by atoms with Crippen molar-refractivity contribution < 1.29 is 13.8 Å². The number of nitrogens with zero attached hydrogens (tertiary/aromatic N) is 3. The lowest BCUT2D eigenvalue weighted by Crippen LogP contribution is -2.27. The van der Waals surface area contributed by atoms with Crippen LogP contribution in [0.15, 0.2) is 9.05 Å². The van der Waals surface area contributed by atoms with Crippen molar-refractivity contribution in [3.05, 3.63) is 28.2 Å². The molecule has 1 atom stereocenters. The van der Waals surface area contributed by atoms with Crippen LogP contribution in [0.5, 0.6) is 0 Å². The number of hydrogen-bond acceptors (Lipinski definition) is 6. The number of amides is 1. The number of aromatic nitrogens is 3. The second-order valence-corrected chi connectivity index (χ2v) is 6.86. The highest BCUT2D eigenvalue weighted by molar-refractivity contribution is 6.29. The van der Waals surface area contributed by atoms with Crippen LogP contribution in [0.25, 0.3) is 0 Å². The Kier molecular flexibility index (Phi) is 5.09. The van der Waals surface area contributed by atoms with E-state index in [1.54, 1.807) is 13.8 Å². The molecule has 0 radical (unpaired) electrons. The van der Waals surface area contributed by atoms with Crippen LogP contribution in [0, 0.1) is 6.92 Å².